The number of hydrogen-bond acceptors (Lipinski definition) is 3. The van der Waals surface area contributed by atoms with E-state index in [0.717, 1.165) is 11.3 Å². The fraction of sp³-hybridized carbons (Fsp3) is 0.235. The molecule has 0 aliphatic carbocycles. The van der Waals surface area contributed by atoms with Gasteiger partial charge < -0.3 is 15.8 Å². The van der Waals surface area contributed by atoms with Crippen molar-refractivity contribution < 1.29 is 13.9 Å². The van der Waals surface area contributed by atoms with Crippen LogP contribution in [0.15, 0.2) is 48.5 Å². The largest absolute Gasteiger partial charge is 0.497 e. The molecule has 0 aliphatic rings. The summed E-state index contributed by atoms with van der Waals surface area (Å²) in [6.45, 7) is 0.369. The Bertz CT molecular complexity index is 629. The predicted octanol–water partition coefficient (Wildman–Crippen LogP) is 2.02. The zero-order chi connectivity index (χ0) is 15.9. The highest BCUT2D eigenvalue weighted by molar-refractivity contribution is 5.81. The van der Waals surface area contributed by atoms with Crippen molar-refractivity contribution in [1.82, 2.24) is 5.32 Å². The Balaban J connectivity index is 1.87. The molecule has 0 fully saturated rings. The first kappa shape index (κ1) is 16.0. The van der Waals surface area contributed by atoms with E-state index in [1.165, 1.54) is 6.07 Å². The Morgan fingerprint density at radius 1 is 1.23 bits per heavy atom. The fourth-order valence-electron chi connectivity index (χ4n) is 2.06. The molecule has 0 saturated carbocycles. The van der Waals surface area contributed by atoms with Gasteiger partial charge in [0.15, 0.2) is 0 Å². The number of ether oxygens (including phenoxy) is 1. The van der Waals surface area contributed by atoms with Gasteiger partial charge in [-0.1, -0.05) is 30.3 Å². The molecule has 0 heterocycles. The Labute approximate surface area is 129 Å². The highest BCUT2D eigenvalue weighted by Gasteiger charge is 2.15. The van der Waals surface area contributed by atoms with Crippen LogP contribution in [0, 0.1) is 5.82 Å². The number of hydrogen-bond donors (Lipinski definition) is 2. The SMILES string of the molecule is COc1ccc(CNC(=O)C(N)Cc2ccccc2F)cc1. The summed E-state index contributed by atoms with van der Waals surface area (Å²) < 4.78 is 18.6. The highest BCUT2D eigenvalue weighted by Crippen LogP contribution is 2.11. The average Bonchev–Trinajstić information content (AvgIpc) is 2.55. The number of methoxy groups -OCH3 is 1. The lowest BCUT2D eigenvalue weighted by molar-refractivity contribution is -0.122. The molecule has 5 heteroatoms. The van der Waals surface area contributed by atoms with E-state index in [1.54, 1.807) is 25.3 Å². The molecule has 0 radical (unpaired) electrons. The maximum Gasteiger partial charge on any atom is 0.237 e. The minimum atomic E-state index is -0.782. The van der Waals surface area contributed by atoms with Gasteiger partial charge in [0.25, 0.3) is 0 Å². The van der Waals surface area contributed by atoms with Crippen molar-refractivity contribution in [3.05, 3.63) is 65.5 Å². The molecule has 1 amide bonds. The van der Waals surface area contributed by atoms with Crippen LogP contribution in [0.3, 0.4) is 0 Å². The molecule has 1 unspecified atom stereocenters. The van der Waals surface area contributed by atoms with E-state index in [2.05, 4.69) is 5.32 Å². The highest BCUT2D eigenvalue weighted by atomic mass is 19.1. The van der Waals surface area contributed by atoms with E-state index in [-0.39, 0.29) is 18.1 Å². The Hall–Kier alpha value is -2.40. The summed E-state index contributed by atoms with van der Waals surface area (Å²) in [7, 11) is 1.60. The van der Waals surface area contributed by atoms with Gasteiger partial charge in [0.05, 0.1) is 13.2 Å². The maximum atomic E-state index is 13.5. The molecule has 0 aliphatic heterocycles. The first-order valence-corrected chi connectivity index (χ1v) is 7.00. The van der Waals surface area contributed by atoms with Crippen LogP contribution in [-0.2, 0) is 17.8 Å². The number of carbonyl (C=O) groups excluding carboxylic acids is 1. The molecule has 0 spiro atoms. The molecule has 2 aromatic carbocycles. The van der Waals surface area contributed by atoms with Crippen LogP contribution in [0.4, 0.5) is 4.39 Å². The smallest absolute Gasteiger partial charge is 0.237 e. The quantitative estimate of drug-likeness (QED) is 0.858. The second kappa shape index (κ2) is 7.56. The van der Waals surface area contributed by atoms with Crippen LogP contribution in [0.25, 0.3) is 0 Å². The Kier molecular flexibility index (Phi) is 5.49. The molecule has 4 nitrogen and oxygen atoms in total. The van der Waals surface area contributed by atoms with Gasteiger partial charge in [0.2, 0.25) is 5.91 Å². The molecular formula is C17H19FN2O2. The molecule has 2 rings (SSSR count). The predicted molar refractivity (Wildman–Crippen MR) is 82.9 cm³/mol. The maximum absolute atomic E-state index is 13.5. The van der Waals surface area contributed by atoms with Crippen LogP contribution >= 0.6 is 0 Å². The molecular weight excluding hydrogens is 283 g/mol. The molecule has 0 bridgehead atoms. The third-order valence-electron chi connectivity index (χ3n) is 3.36. The van der Waals surface area contributed by atoms with Gasteiger partial charge in [-0.3, -0.25) is 4.79 Å². The number of halogens is 1. The van der Waals surface area contributed by atoms with Crippen LogP contribution < -0.4 is 15.8 Å². The summed E-state index contributed by atoms with van der Waals surface area (Å²) in [6, 6.07) is 12.9. The van der Waals surface area contributed by atoms with Crippen molar-refractivity contribution in [2.24, 2.45) is 5.73 Å². The molecule has 0 aromatic heterocycles. The minimum absolute atomic E-state index is 0.168. The zero-order valence-corrected chi connectivity index (χ0v) is 12.4. The van der Waals surface area contributed by atoms with E-state index in [4.69, 9.17) is 10.5 Å². The van der Waals surface area contributed by atoms with Crippen molar-refractivity contribution >= 4 is 5.91 Å². The molecule has 1 atom stereocenters. The summed E-state index contributed by atoms with van der Waals surface area (Å²) >= 11 is 0. The normalized spacial score (nSPS) is 11.8. The van der Waals surface area contributed by atoms with Crippen molar-refractivity contribution in [2.75, 3.05) is 7.11 Å². The van der Waals surface area contributed by atoms with Crippen molar-refractivity contribution in [3.63, 3.8) is 0 Å². The van der Waals surface area contributed by atoms with E-state index in [9.17, 15) is 9.18 Å². The molecule has 2 aromatic rings. The average molecular weight is 302 g/mol. The number of carbonyl (C=O) groups is 1. The molecule has 0 saturated heterocycles. The van der Waals surface area contributed by atoms with Crippen LogP contribution in [0.2, 0.25) is 0 Å². The number of nitrogens with one attached hydrogen (secondary N) is 1. The van der Waals surface area contributed by atoms with Gasteiger partial charge in [-0.25, -0.2) is 4.39 Å². The summed E-state index contributed by atoms with van der Waals surface area (Å²) in [6.07, 6.45) is 0.168. The summed E-state index contributed by atoms with van der Waals surface area (Å²) in [5.41, 5.74) is 7.21. The Morgan fingerprint density at radius 2 is 1.91 bits per heavy atom. The minimum Gasteiger partial charge on any atom is -0.497 e. The summed E-state index contributed by atoms with van der Waals surface area (Å²) in [5, 5.41) is 2.75. The van der Waals surface area contributed by atoms with Gasteiger partial charge >= 0.3 is 0 Å². The zero-order valence-electron chi connectivity index (χ0n) is 12.4. The number of benzene rings is 2. The van der Waals surface area contributed by atoms with E-state index >= 15 is 0 Å². The van der Waals surface area contributed by atoms with E-state index < -0.39 is 6.04 Å². The van der Waals surface area contributed by atoms with Crippen LogP contribution in [-0.4, -0.2) is 19.1 Å². The van der Waals surface area contributed by atoms with Crippen molar-refractivity contribution in [1.29, 1.82) is 0 Å². The third kappa shape index (κ3) is 4.30. The summed E-state index contributed by atoms with van der Waals surface area (Å²) in [4.78, 5) is 12.0. The second-order valence-corrected chi connectivity index (χ2v) is 4.97. The number of amides is 1. The summed E-state index contributed by atoms with van der Waals surface area (Å²) in [5.74, 6) is 0.103. The van der Waals surface area contributed by atoms with Crippen molar-refractivity contribution in [2.45, 2.75) is 19.0 Å². The number of rotatable bonds is 6. The first-order chi connectivity index (χ1) is 10.6. The van der Waals surface area contributed by atoms with Crippen LogP contribution in [0.1, 0.15) is 11.1 Å². The lowest BCUT2D eigenvalue weighted by Gasteiger charge is -2.13. The van der Waals surface area contributed by atoms with Gasteiger partial charge in [0, 0.05) is 6.54 Å². The van der Waals surface area contributed by atoms with Gasteiger partial charge in [-0.05, 0) is 35.7 Å². The van der Waals surface area contributed by atoms with E-state index in [1.807, 2.05) is 24.3 Å². The standard InChI is InChI=1S/C17H19FN2O2/c1-22-14-8-6-12(7-9-14)11-20-17(21)16(19)10-13-4-2-3-5-15(13)18/h2-9,16H,10-11,19H2,1H3,(H,20,21). The van der Waals surface area contributed by atoms with Crippen molar-refractivity contribution in [3.8, 4) is 5.75 Å². The van der Waals surface area contributed by atoms with Gasteiger partial charge in [-0.15, -0.1) is 0 Å². The van der Waals surface area contributed by atoms with Gasteiger partial charge in [-0.2, -0.15) is 0 Å². The molecule has 3 N–H and O–H groups in total. The van der Waals surface area contributed by atoms with Crippen LogP contribution in [0.5, 0.6) is 5.75 Å². The monoisotopic (exact) mass is 302 g/mol. The molecule has 116 valence electrons. The Morgan fingerprint density at radius 3 is 2.55 bits per heavy atom. The topological polar surface area (TPSA) is 64.3 Å². The lowest BCUT2D eigenvalue weighted by Crippen LogP contribution is -2.41. The lowest BCUT2D eigenvalue weighted by atomic mass is 10.1. The first-order valence-electron chi connectivity index (χ1n) is 7.00. The third-order valence-corrected chi connectivity index (χ3v) is 3.36. The van der Waals surface area contributed by atoms with E-state index in [0.29, 0.717) is 12.1 Å². The second-order valence-electron chi connectivity index (χ2n) is 4.97. The number of nitrogens with two attached hydrogens (primary N) is 1. The fourth-order valence-corrected chi connectivity index (χ4v) is 2.06. The molecule has 22 heavy (non-hydrogen) atoms. The van der Waals surface area contributed by atoms with Gasteiger partial charge in [0.1, 0.15) is 11.6 Å².